The van der Waals surface area contributed by atoms with Gasteiger partial charge in [0, 0.05) is 12.3 Å². The normalized spacial score (nSPS) is 27.6. The zero-order chi connectivity index (χ0) is 15.9. The maximum Gasteiger partial charge on any atom is 0.416 e. The molecule has 0 amide bonds. The second-order valence-electron chi connectivity index (χ2n) is 6.82. The maximum atomic E-state index is 12.9. The minimum atomic E-state index is -4.28. The number of benzene rings is 1. The summed E-state index contributed by atoms with van der Waals surface area (Å²) in [6.07, 6.45) is 1.13. The molecule has 0 N–H and O–H groups in total. The molecule has 2 aliphatic rings. The van der Waals surface area contributed by atoms with Gasteiger partial charge in [0.1, 0.15) is 5.78 Å². The SMILES string of the molecule is Cc1ccc(CCCC2C3CCC2C(=O)C3)cc1C(F)(F)F. The molecule has 120 valence electrons. The number of hydrogen-bond donors (Lipinski definition) is 0. The van der Waals surface area contributed by atoms with E-state index >= 15 is 0 Å². The highest BCUT2D eigenvalue weighted by atomic mass is 19.4. The number of carbonyl (C=O) groups excluding carboxylic acids is 1. The number of rotatable bonds is 4. The predicted octanol–water partition coefficient (Wildman–Crippen LogP) is 4.95. The lowest BCUT2D eigenvalue weighted by molar-refractivity contribution is -0.138. The monoisotopic (exact) mass is 310 g/mol. The van der Waals surface area contributed by atoms with Crippen LogP contribution in [0, 0.1) is 24.7 Å². The Hall–Kier alpha value is -1.32. The zero-order valence-electron chi connectivity index (χ0n) is 12.7. The lowest BCUT2D eigenvalue weighted by atomic mass is 9.90. The third-order valence-corrected chi connectivity index (χ3v) is 5.46. The summed E-state index contributed by atoms with van der Waals surface area (Å²) in [5.74, 6) is 1.69. The summed E-state index contributed by atoms with van der Waals surface area (Å²) in [5, 5.41) is 0. The zero-order valence-corrected chi connectivity index (χ0v) is 12.7. The summed E-state index contributed by atoms with van der Waals surface area (Å²) in [4.78, 5) is 11.7. The van der Waals surface area contributed by atoms with Gasteiger partial charge in [0.2, 0.25) is 0 Å². The molecule has 0 radical (unpaired) electrons. The molecule has 1 aromatic carbocycles. The average molecular weight is 310 g/mol. The van der Waals surface area contributed by atoms with Crippen molar-refractivity contribution in [2.45, 2.75) is 51.6 Å². The van der Waals surface area contributed by atoms with E-state index in [1.807, 2.05) is 0 Å². The third-order valence-electron chi connectivity index (χ3n) is 5.46. The van der Waals surface area contributed by atoms with E-state index in [0.717, 1.165) is 37.7 Å². The maximum absolute atomic E-state index is 12.9. The summed E-state index contributed by atoms with van der Waals surface area (Å²) < 4.78 is 38.7. The van der Waals surface area contributed by atoms with Crippen LogP contribution in [0.3, 0.4) is 0 Å². The van der Waals surface area contributed by atoms with Gasteiger partial charge in [0.15, 0.2) is 0 Å². The molecule has 0 aliphatic heterocycles. The van der Waals surface area contributed by atoms with Crippen LogP contribution in [-0.4, -0.2) is 5.78 Å². The van der Waals surface area contributed by atoms with Crippen LogP contribution in [-0.2, 0) is 17.4 Å². The Bertz CT molecular complexity index is 576. The topological polar surface area (TPSA) is 17.1 Å². The van der Waals surface area contributed by atoms with Gasteiger partial charge < -0.3 is 0 Å². The van der Waals surface area contributed by atoms with Crippen LogP contribution in [0.4, 0.5) is 13.2 Å². The van der Waals surface area contributed by atoms with Gasteiger partial charge in [-0.2, -0.15) is 13.2 Å². The first kappa shape index (κ1) is 15.6. The van der Waals surface area contributed by atoms with E-state index in [4.69, 9.17) is 0 Å². The van der Waals surface area contributed by atoms with E-state index in [0.29, 0.717) is 24.0 Å². The van der Waals surface area contributed by atoms with Crippen LogP contribution in [0.25, 0.3) is 0 Å². The highest BCUT2D eigenvalue weighted by molar-refractivity contribution is 5.84. The highest BCUT2D eigenvalue weighted by Crippen LogP contribution is 2.49. The Morgan fingerprint density at radius 1 is 1.23 bits per heavy atom. The molecular weight excluding hydrogens is 289 g/mol. The van der Waals surface area contributed by atoms with Crippen LogP contribution in [0.1, 0.15) is 48.8 Å². The Morgan fingerprint density at radius 2 is 2.00 bits per heavy atom. The lowest BCUT2D eigenvalue weighted by Gasteiger charge is -2.15. The van der Waals surface area contributed by atoms with E-state index in [9.17, 15) is 18.0 Å². The molecule has 3 rings (SSSR count). The molecule has 3 unspecified atom stereocenters. The molecule has 0 saturated heterocycles. The van der Waals surface area contributed by atoms with Gasteiger partial charge in [-0.3, -0.25) is 4.79 Å². The quantitative estimate of drug-likeness (QED) is 0.769. The summed E-state index contributed by atoms with van der Waals surface area (Å²) in [6, 6.07) is 4.63. The fourth-order valence-corrected chi connectivity index (χ4v) is 4.32. The van der Waals surface area contributed by atoms with Crippen LogP contribution in [0.2, 0.25) is 0 Å². The first-order chi connectivity index (χ1) is 10.4. The predicted molar refractivity (Wildman–Crippen MR) is 78.4 cm³/mol. The van der Waals surface area contributed by atoms with Crippen molar-refractivity contribution in [1.29, 1.82) is 0 Å². The molecule has 3 atom stereocenters. The minimum absolute atomic E-state index is 0.244. The number of halogens is 3. The molecule has 22 heavy (non-hydrogen) atoms. The standard InChI is InChI=1S/C18H21F3O/c1-11-5-6-12(9-16(11)18(19,20)21)3-2-4-14-13-7-8-15(14)17(22)10-13/h5-6,9,13-15H,2-4,7-8,10H2,1H3. The first-order valence-electron chi connectivity index (χ1n) is 8.05. The number of alkyl halides is 3. The largest absolute Gasteiger partial charge is 0.416 e. The summed E-state index contributed by atoms with van der Waals surface area (Å²) >= 11 is 0. The smallest absolute Gasteiger partial charge is 0.299 e. The summed E-state index contributed by atoms with van der Waals surface area (Å²) in [5.41, 5.74) is 0.492. The number of carbonyl (C=O) groups is 1. The number of Topliss-reactive ketones (excluding diaryl/α,β-unsaturated/α-hetero) is 1. The van der Waals surface area contributed by atoms with Crippen LogP contribution in [0.15, 0.2) is 18.2 Å². The molecule has 1 nitrogen and oxygen atoms in total. The number of ketones is 1. The van der Waals surface area contributed by atoms with Crippen LogP contribution < -0.4 is 0 Å². The summed E-state index contributed by atoms with van der Waals surface area (Å²) in [6.45, 7) is 1.49. The van der Waals surface area contributed by atoms with Crippen molar-refractivity contribution in [2.24, 2.45) is 17.8 Å². The molecule has 0 heterocycles. The molecule has 1 aromatic rings. The fourth-order valence-electron chi connectivity index (χ4n) is 4.32. The van der Waals surface area contributed by atoms with Gasteiger partial charge in [-0.25, -0.2) is 0 Å². The van der Waals surface area contributed by atoms with Crippen molar-refractivity contribution in [3.8, 4) is 0 Å². The number of hydrogen-bond acceptors (Lipinski definition) is 1. The second-order valence-corrected chi connectivity index (χ2v) is 6.82. The Kier molecular flexibility index (Phi) is 4.04. The molecule has 2 aliphatic carbocycles. The van der Waals surface area contributed by atoms with E-state index in [-0.39, 0.29) is 11.5 Å². The van der Waals surface area contributed by atoms with Crippen LogP contribution in [0.5, 0.6) is 0 Å². The van der Waals surface area contributed by atoms with Gasteiger partial charge in [-0.15, -0.1) is 0 Å². The van der Waals surface area contributed by atoms with Crippen LogP contribution >= 0.6 is 0 Å². The average Bonchev–Trinajstić information content (AvgIpc) is 2.95. The molecule has 2 saturated carbocycles. The number of fused-ring (bicyclic) bond motifs is 2. The van der Waals surface area contributed by atoms with Gasteiger partial charge in [0.05, 0.1) is 5.56 Å². The second kappa shape index (κ2) is 5.71. The minimum Gasteiger partial charge on any atom is -0.299 e. The van der Waals surface area contributed by atoms with Crippen molar-refractivity contribution in [3.05, 3.63) is 34.9 Å². The van der Waals surface area contributed by atoms with Crippen molar-refractivity contribution >= 4 is 5.78 Å². The van der Waals surface area contributed by atoms with E-state index in [1.54, 1.807) is 12.1 Å². The molecule has 2 bridgehead atoms. The van der Waals surface area contributed by atoms with Gasteiger partial charge in [0.25, 0.3) is 0 Å². The molecule has 4 heteroatoms. The fraction of sp³-hybridized carbons (Fsp3) is 0.611. The number of aryl methyl sites for hydroxylation is 2. The van der Waals surface area contributed by atoms with Gasteiger partial charge in [-0.1, -0.05) is 12.1 Å². The van der Waals surface area contributed by atoms with E-state index in [1.165, 1.54) is 13.0 Å². The first-order valence-corrected chi connectivity index (χ1v) is 8.05. The molecule has 0 aromatic heterocycles. The Labute approximate surface area is 128 Å². The summed E-state index contributed by atoms with van der Waals surface area (Å²) in [7, 11) is 0. The molecule has 2 fully saturated rings. The lowest BCUT2D eigenvalue weighted by Crippen LogP contribution is -2.11. The Balaban J connectivity index is 1.60. The van der Waals surface area contributed by atoms with Gasteiger partial charge in [-0.05, 0) is 68.1 Å². The highest BCUT2D eigenvalue weighted by Gasteiger charge is 2.46. The van der Waals surface area contributed by atoms with Crippen molar-refractivity contribution in [3.63, 3.8) is 0 Å². The Morgan fingerprint density at radius 3 is 2.59 bits per heavy atom. The van der Waals surface area contributed by atoms with E-state index < -0.39 is 11.7 Å². The van der Waals surface area contributed by atoms with Gasteiger partial charge >= 0.3 is 6.18 Å². The van der Waals surface area contributed by atoms with Crippen molar-refractivity contribution in [2.75, 3.05) is 0 Å². The van der Waals surface area contributed by atoms with Crippen molar-refractivity contribution < 1.29 is 18.0 Å². The van der Waals surface area contributed by atoms with Crippen molar-refractivity contribution in [1.82, 2.24) is 0 Å². The molecule has 0 spiro atoms. The molecular formula is C18H21F3O. The third kappa shape index (κ3) is 2.92. The van der Waals surface area contributed by atoms with E-state index in [2.05, 4.69) is 0 Å².